The van der Waals surface area contributed by atoms with E-state index in [1.165, 1.54) is 19.3 Å². The summed E-state index contributed by atoms with van der Waals surface area (Å²) < 4.78 is 0. The van der Waals surface area contributed by atoms with Crippen LogP contribution in [0.2, 0.25) is 10.0 Å². The minimum absolute atomic E-state index is 0.0193. The van der Waals surface area contributed by atoms with E-state index in [0.717, 1.165) is 41.9 Å². The second-order valence-electron chi connectivity index (χ2n) is 20.2. The summed E-state index contributed by atoms with van der Waals surface area (Å²) in [6, 6.07) is 58.8. The highest BCUT2D eigenvalue weighted by Crippen LogP contribution is 2.27. The third-order valence-corrected chi connectivity index (χ3v) is 15.4. The summed E-state index contributed by atoms with van der Waals surface area (Å²) >= 11 is 12.3. The molecule has 10 rings (SSSR count). The number of hydrogen-bond donors (Lipinski definition) is 2. The topological polar surface area (TPSA) is 143 Å². The van der Waals surface area contributed by atoms with E-state index in [1.54, 1.807) is 92.4 Å². The van der Waals surface area contributed by atoms with Gasteiger partial charge in [0.05, 0.1) is 25.2 Å². The van der Waals surface area contributed by atoms with Crippen LogP contribution in [0.25, 0.3) is 0 Å². The van der Waals surface area contributed by atoms with Crippen LogP contribution in [0.1, 0.15) is 91.1 Å². The van der Waals surface area contributed by atoms with Crippen LogP contribution in [-0.4, -0.2) is 131 Å². The van der Waals surface area contributed by atoms with Gasteiger partial charge in [-0.05, 0) is 96.7 Å². The molecule has 80 heavy (non-hydrogen) atoms. The van der Waals surface area contributed by atoms with Crippen LogP contribution in [0, 0.1) is 0 Å². The number of piperidine rings is 1. The highest BCUT2D eigenvalue weighted by Gasteiger charge is 2.40. The van der Waals surface area contributed by atoms with Crippen molar-refractivity contribution in [3.63, 3.8) is 0 Å². The number of nitrogens with one attached hydrogen (secondary N) is 2. The quantitative estimate of drug-likeness (QED) is 0.110. The van der Waals surface area contributed by atoms with Gasteiger partial charge in [0.15, 0.2) is 0 Å². The van der Waals surface area contributed by atoms with E-state index in [4.69, 9.17) is 23.2 Å². The number of benzene rings is 7. The summed E-state index contributed by atoms with van der Waals surface area (Å²) in [5, 5.41) is 7.27. The first kappa shape index (κ1) is 56.6. The van der Waals surface area contributed by atoms with Gasteiger partial charge in [-0.25, -0.2) is 0 Å². The van der Waals surface area contributed by atoms with Crippen molar-refractivity contribution in [3.8, 4) is 0 Å². The summed E-state index contributed by atoms with van der Waals surface area (Å²) in [6.07, 6.45) is 4.00. The Hall–Kier alpha value is -8.10. The standard InChI is InChI=1S/C33H37ClN4O3.C32H28ClN3O3/c34-28-16-10-15-27(23-28)33(41)38-22-21-37(30(39)17-20-36-18-8-3-9-19-36)24-29(38)32(40)35-31(25-11-4-1-5-12-25)26-13-6-2-7-14-26;33-27-18-10-17-26(21-27)32(39)36-20-19-35(31(38)25-15-8-3-9-16-25)22-28(36)30(37)34-29(23-11-4-1-5-12-23)24-13-6-2-7-14-24/h1-2,4-7,10-16,23,29,31H,3,8-9,17-22,24H2,(H,35,40);1-18,21,28-29H,19-20,22H2,(H,34,37). The number of hydrogen-bond acceptors (Lipinski definition) is 7. The molecule has 0 saturated carbocycles. The normalized spacial score (nSPS) is 16.6. The number of nitrogens with zero attached hydrogens (tertiary/aromatic N) is 5. The molecule has 15 heteroatoms. The van der Waals surface area contributed by atoms with Gasteiger partial charge in [0.25, 0.3) is 17.7 Å². The Morgan fingerprint density at radius 3 is 1.20 bits per heavy atom. The molecule has 0 bridgehead atoms. The summed E-state index contributed by atoms with van der Waals surface area (Å²) in [5.74, 6) is -1.37. The zero-order valence-electron chi connectivity index (χ0n) is 44.5. The first-order chi connectivity index (χ1) is 39.0. The lowest BCUT2D eigenvalue weighted by Gasteiger charge is -2.41. The molecule has 2 atom stereocenters. The molecule has 6 amide bonds. The Morgan fingerprint density at radius 2 is 0.787 bits per heavy atom. The molecular weight excluding hydrogens is 1050 g/mol. The number of rotatable bonds is 14. The Morgan fingerprint density at radius 1 is 0.412 bits per heavy atom. The van der Waals surface area contributed by atoms with E-state index in [2.05, 4.69) is 15.5 Å². The van der Waals surface area contributed by atoms with E-state index in [9.17, 15) is 28.8 Å². The minimum atomic E-state index is -0.896. The fourth-order valence-corrected chi connectivity index (χ4v) is 11.0. The smallest absolute Gasteiger partial charge is 0.254 e. The predicted molar refractivity (Wildman–Crippen MR) is 312 cm³/mol. The molecule has 2 unspecified atom stereocenters. The molecular formula is C65H65Cl2N7O6. The SMILES string of the molecule is O=C(NC(c1ccccc1)c1ccccc1)C1CN(C(=O)CCN2CCCCC2)CCN1C(=O)c1cccc(Cl)c1.O=C(NC(c1ccccc1)c1ccccc1)C1CN(C(=O)c2ccccc2)CCN1C(=O)c1cccc(Cl)c1. The number of piperazine rings is 2. The molecule has 3 fully saturated rings. The van der Waals surface area contributed by atoms with Crippen molar-refractivity contribution in [1.82, 2.24) is 35.1 Å². The van der Waals surface area contributed by atoms with Crippen molar-refractivity contribution in [2.45, 2.75) is 49.9 Å². The molecule has 7 aromatic carbocycles. The lowest BCUT2D eigenvalue weighted by molar-refractivity contribution is -0.137. The Labute approximate surface area is 478 Å². The largest absolute Gasteiger partial charge is 0.343 e. The van der Waals surface area contributed by atoms with Gasteiger partial charge in [0.2, 0.25) is 17.7 Å². The van der Waals surface area contributed by atoms with Crippen molar-refractivity contribution >= 4 is 58.6 Å². The average Bonchev–Trinajstić information content (AvgIpc) is 3.52. The molecule has 2 N–H and O–H groups in total. The monoisotopic (exact) mass is 1110 g/mol. The number of amides is 6. The maximum atomic E-state index is 14.1. The summed E-state index contributed by atoms with van der Waals surface area (Å²) in [7, 11) is 0. The van der Waals surface area contributed by atoms with Gasteiger partial charge in [-0.3, -0.25) is 28.8 Å². The van der Waals surface area contributed by atoms with Gasteiger partial charge in [-0.1, -0.05) is 181 Å². The molecule has 3 saturated heterocycles. The van der Waals surface area contributed by atoms with E-state index in [-0.39, 0.29) is 61.6 Å². The van der Waals surface area contributed by atoms with Crippen molar-refractivity contribution in [2.24, 2.45) is 0 Å². The predicted octanol–water partition coefficient (Wildman–Crippen LogP) is 9.99. The maximum absolute atomic E-state index is 14.1. The fourth-order valence-electron chi connectivity index (χ4n) is 10.6. The molecule has 3 heterocycles. The highest BCUT2D eigenvalue weighted by molar-refractivity contribution is 6.31. The van der Waals surface area contributed by atoms with Gasteiger partial charge in [0.1, 0.15) is 12.1 Å². The summed E-state index contributed by atoms with van der Waals surface area (Å²) in [4.78, 5) is 90.8. The molecule has 0 radical (unpaired) electrons. The number of likely N-dealkylation sites (tertiary alicyclic amines) is 1. The Balaban J connectivity index is 0.000000194. The van der Waals surface area contributed by atoms with Gasteiger partial charge in [-0.15, -0.1) is 0 Å². The van der Waals surface area contributed by atoms with E-state index < -0.39 is 24.2 Å². The van der Waals surface area contributed by atoms with Crippen molar-refractivity contribution in [3.05, 3.63) is 249 Å². The highest BCUT2D eigenvalue weighted by atomic mass is 35.5. The minimum Gasteiger partial charge on any atom is -0.343 e. The van der Waals surface area contributed by atoms with Crippen LogP contribution < -0.4 is 10.6 Å². The molecule has 7 aromatic rings. The molecule has 0 aromatic heterocycles. The molecule has 0 aliphatic carbocycles. The van der Waals surface area contributed by atoms with Crippen LogP contribution in [-0.2, 0) is 14.4 Å². The zero-order valence-corrected chi connectivity index (χ0v) is 46.0. The molecule has 13 nitrogen and oxygen atoms in total. The third kappa shape index (κ3) is 14.6. The maximum Gasteiger partial charge on any atom is 0.254 e. The van der Waals surface area contributed by atoms with Gasteiger partial charge in [-0.2, -0.15) is 0 Å². The average molecular weight is 1110 g/mol. The van der Waals surface area contributed by atoms with Crippen LogP contribution in [0.3, 0.4) is 0 Å². The van der Waals surface area contributed by atoms with Crippen LogP contribution in [0.15, 0.2) is 200 Å². The van der Waals surface area contributed by atoms with E-state index in [1.807, 2.05) is 127 Å². The Bertz CT molecular complexity index is 3130. The first-order valence-corrected chi connectivity index (χ1v) is 28.0. The van der Waals surface area contributed by atoms with Crippen LogP contribution in [0.4, 0.5) is 0 Å². The second kappa shape index (κ2) is 27.7. The lowest BCUT2D eigenvalue weighted by Crippen LogP contribution is -2.62. The molecule has 410 valence electrons. The second-order valence-corrected chi connectivity index (χ2v) is 21.1. The Kier molecular flexibility index (Phi) is 19.6. The number of carbonyl (C=O) groups is 6. The zero-order chi connectivity index (χ0) is 55.8. The van der Waals surface area contributed by atoms with E-state index >= 15 is 0 Å². The molecule has 0 spiro atoms. The molecule has 3 aliphatic heterocycles. The lowest BCUT2D eigenvalue weighted by atomic mass is 9.98. The summed E-state index contributed by atoms with van der Waals surface area (Å²) in [5.41, 5.74) is 5.05. The summed E-state index contributed by atoms with van der Waals surface area (Å²) in [6.45, 7) is 4.17. The van der Waals surface area contributed by atoms with Crippen LogP contribution >= 0.6 is 23.2 Å². The van der Waals surface area contributed by atoms with Gasteiger partial charge < -0.3 is 35.1 Å². The molecule has 3 aliphatic rings. The fraction of sp³-hybridized carbons (Fsp3) is 0.262. The first-order valence-electron chi connectivity index (χ1n) is 27.3. The van der Waals surface area contributed by atoms with E-state index in [0.29, 0.717) is 46.2 Å². The van der Waals surface area contributed by atoms with Gasteiger partial charge >= 0.3 is 0 Å². The van der Waals surface area contributed by atoms with Crippen molar-refractivity contribution in [2.75, 3.05) is 58.9 Å². The van der Waals surface area contributed by atoms with Crippen molar-refractivity contribution in [1.29, 1.82) is 0 Å². The third-order valence-electron chi connectivity index (χ3n) is 14.9. The van der Waals surface area contributed by atoms with Gasteiger partial charge in [0, 0.05) is 65.9 Å². The number of carbonyl (C=O) groups excluding carboxylic acids is 6. The van der Waals surface area contributed by atoms with Crippen molar-refractivity contribution < 1.29 is 28.8 Å². The number of halogens is 2. The van der Waals surface area contributed by atoms with Crippen LogP contribution in [0.5, 0.6) is 0 Å².